The highest BCUT2D eigenvalue weighted by Gasteiger charge is 2.35. The second-order valence-electron chi connectivity index (χ2n) is 5.98. The van der Waals surface area contributed by atoms with Gasteiger partial charge in [-0.3, -0.25) is 14.5 Å². The van der Waals surface area contributed by atoms with Gasteiger partial charge in [-0.25, -0.2) is 0 Å². The van der Waals surface area contributed by atoms with E-state index in [4.69, 9.17) is 4.74 Å². The highest BCUT2D eigenvalue weighted by atomic mass is 79.9. The van der Waals surface area contributed by atoms with Crippen molar-refractivity contribution in [3.63, 3.8) is 0 Å². The van der Waals surface area contributed by atoms with E-state index in [9.17, 15) is 9.59 Å². The standard InChI is InChI=1S/C21H18BrNO3S/c1-3-10-26-18-9-8-17(22)11-16(18)12-19-20(24)23(21(25)27-19)13-15-7-5-4-6-14(15)2/h3-9,11-12H,1,10,13H2,2H3/b19-12-. The molecule has 1 fully saturated rings. The van der Waals surface area contributed by atoms with Crippen LogP contribution in [0.15, 0.2) is 64.5 Å². The summed E-state index contributed by atoms with van der Waals surface area (Å²) in [7, 11) is 0. The van der Waals surface area contributed by atoms with Crippen molar-refractivity contribution in [1.82, 2.24) is 4.90 Å². The van der Waals surface area contributed by atoms with Crippen molar-refractivity contribution in [2.45, 2.75) is 13.5 Å². The van der Waals surface area contributed by atoms with Crippen molar-refractivity contribution in [3.8, 4) is 5.75 Å². The minimum atomic E-state index is -0.289. The van der Waals surface area contributed by atoms with Crippen LogP contribution in [0.1, 0.15) is 16.7 Å². The summed E-state index contributed by atoms with van der Waals surface area (Å²) in [5, 5.41) is -0.266. The minimum Gasteiger partial charge on any atom is -0.489 e. The molecule has 4 nitrogen and oxygen atoms in total. The maximum absolute atomic E-state index is 12.8. The van der Waals surface area contributed by atoms with Crippen LogP contribution < -0.4 is 4.74 Å². The number of halogens is 1. The van der Waals surface area contributed by atoms with Gasteiger partial charge in [-0.15, -0.1) is 0 Å². The van der Waals surface area contributed by atoms with E-state index in [0.29, 0.717) is 17.3 Å². The number of benzene rings is 2. The monoisotopic (exact) mass is 443 g/mol. The van der Waals surface area contributed by atoms with Gasteiger partial charge in [0.25, 0.3) is 11.1 Å². The molecule has 0 saturated carbocycles. The third kappa shape index (κ3) is 4.51. The topological polar surface area (TPSA) is 46.6 Å². The zero-order chi connectivity index (χ0) is 19.4. The lowest BCUT2D eigenvalue weighted by molar-refractivity contribution is -0.123. The van der Waals surface area contributed by atoms with Crippen molar-refractivity contribution in [1.29, 1.82) is 0 Å². The second kappa shape index (κ2) is 8.59. The summed E-state index contributed by atoms with van der Waals surface area (Å²) in [6.45, 7) is 6.24. The lowest BCUT2D eigenvalue weighted by atomic mass is 10.1. The Balaban J connectivity index is 1.87. The van der Waals surface area contributed by atoms with E-state index >= 15 is 0 Å². The molecule has 138 valence electrons. The molecule has 27 heavy (non-hydrogen) atoms. The fraction of sp³-hybridized carbons (Fsp3) is 0.143. The van der Waals surface area contributed by atoms with Crippen molar-refractivity contribution in [3.05, 3.63) is 81.2 Å². The number of carbonyl (C=O) groups excluding carboxylic acids is 2. The molecule has 2 aromatic carbocycles. The first-order chi connectivity index (χ1) is 13.0. The van der Waals surface area contributed by atoms with Crippen molar-refractivity contribution < 1.29 is 14.3 Å². The SMILES string of the molecule is C=CCOc1ccc(Br)cc1/C=C1\SC(=O)N(Cc2ccccc2C)C1=O. The lowest BCUT2D eigenvalue weighted by Crippen LogP contribution is -2.27. The molecule has 0 bridgehead atoms. The molecule has 1 aliphatic heterocycles. The summed E-state index contributed by atoms with van der Waals surface area (Å²) in [6.07, 6.45) is 3.35. The Morgan fingerprint density at radius 3 is 2.74 bits per heavy atom. The predicted molar refractivity (Wildman–Crippen MR) is 113 cm³/mol. The minimum absolute atomic E-state index is 0.266. The Hall–Kier alpha value is -2.31. The number of carbonyl (C=O) groups is 2. The molecule has 0 atom stereocenters. The fourth-order valence-electron chi connectivity index (χ4n) is 2.65. The van der Waals surface area contributed by atoms with E-state index in [1.165, 1.54) is 4.90 Å². The van der Waals surface area contributed by atoms with Crippen molar-refractivity contribution in [2.24, 2.45) is 0 Å². The number of hydrogen-bond acceptors (Lipinski definition) is 4. The van der Waals surface area contributed by atoms with Gasteiger partial charge in [-0.2, -0.15) is 0 Å². The molecule has 0 spiro atoms. The van der Waals surface area contributed by atoms with Crippen LogP contribution in [0.25, 0.3) is 6.08 Å². The van der Waals surface area contributed by atoms with Gasteiger partial charge in [0.2, 0.25) is 0 Å². The lowest BCUT2D eigenvalue weighted by Gasteiger charge is -2.14. The summed E-state index contributed by atoms with van der Waals surface area (Å²) in [6, 6.07) is 13.3. The largest absolute Gasteiger partial charge is 0.489 e. The Labute approximate surface area is 171 Å². The molecule has 0 aliphatic carbocycles. The predicted octanol–water partition coefficient (Wildman–Crippen LogP) is 5.56. The van der Waals surface area contributed by atoms with Crippen LogP contribution >= 0.6 is 27.7 Å². The van der Waals surface area contributed by atoms with Crippen molar-refractivity contribution >= 4 is 44.9 Å². The molecule has 0 radical (unpaired) electrons. The van der Waals surface area contributed by atoms with Crippen molar-refractivity contribution in [2.75, 3.05) is 6.61 Å². The number of imide groups is 1. The molecule has 0 unspecified atom stereocenters. The molecule has 1 aliphatic rings. The van der Waals surface area contributed by atoms with E-state index in [2.05, 4.69) is 22.5 Å². The van der Waals surface area contributed by atoms with Crippen LogP contribution in [-0.2, 0) is 11.3 Å². The number of ether oxygens (including phenoxy) is 1. The van der Waals surface area contributed by atoms with Gasteiger partial charge in [0.1, 0.15) is 12.4 Å². The maximum Gasteiger partial charge on any atom is 0.293 e. The molecule has 1 saturated heterocycles. The molecule has 0 aromatic heterocycles. The van der Waals surface area contributed by atoms with Crippen LogP contribution in [0, 0.1) is 6.92 Å². The Kier molecular flexibility index (Phi) is 6.19. The molecule has 3 rings (SSSR count). The third-order valence-corrected chi connectivity index (χ3v) is 5.48. The van der Waals surface area contributed by atoms with Crippen LogP contribution in [0.3, 0.4) is 0 Å². The molecule has 0 N–H and O–H groups in total. The first-order valence-electron chi connectivity index (χ1n) is 8.32. The average molecular weight is 444 g/mol. The highest BCUT2D eigenvalue weighted by molar-refractivity contribution is 9.10. The molecule has 2 amide bonds. The van der Waals surface area contributed by atoms with Crippen LogP contribution in [0.4, 0.5) is 4.79 Å². The number of amides is 2. The first kappa shape index (κ1) is 19.5. The van der Waals surface area contributed by atoms with E-state index in [-0.39, 0.29) is 17.7 Å². The maximum atomic E-state index is 12.8. The highest BCUT2D eigenvalue weighted by Crippen LogP contribution is 2.35. The van der Waals surface area contributed by atoms with Gasteiger partial charge in [0.15, 0.2) is 0 Å². The average Bonchev–Trinajstić information content (AvgIpc) is 2.90. The molecule has 2 aromatic rings. The van der Waals surface area contributed by atoms with Crippen LogP contribution in [0.5, 0.6) is 5.75 Å². The summed E-state index contributed by atoms with van der Waals surface area (Å²) in [5.74, 6) is 0.340. The van der Waals surface area contributed by atoms with Gasteiger partial charge in [-0.05, 0) is 54.1 Å². The van der Waals surface area contributed by atoms with E-state index in [0.717, 1.165) is 32.9 Å². The first-order valence-corrected chi connectivity index (χ1v) is 9.93. The molecular formula is C21H18BrNO3S. The number of nitrogens with zero attached hydrogens (tertiary/aromatic N) is 1. The van der Waals surface area contributed by atoms with Gasteiger partial charge >= 0.3 is 0 Å². The number of hydrogen-bond donors (Lipinski definition) is 0. The van der Waals surface area contributed by atoms with Crippen LogP contribution in [-0.4, -0.2) is 22.7 Å². The Morgan fingerprint density at radius 1 is 1.22 bits per heavy atom. The molecular weight excluding hydrogens is 426 g/mol. The normalized spacial score (nSPS) is 15.5. The van der Waals surface area contributed by atoms with E-state index in [1.807, 2.05) is 49.4 Å². The summed E-state index contributed by atoms with van der Waals surface area (Å²) < 4.78 is 6.51. The number of thioether (sulfide) groups is 1. The van der Waals surface area contributed by atoms with Gasteiger partial charge < -0.3 is 4.74 Å². The zero-order valence-electron chi connectivity index (χ0n) is 14.8. The smallest absolute Gasteiger partial charge is 0.293 e. The summed E-state index contributed by atoms with van der Waals surface area (Å²) >= 11 is 4.38. The number of aryl methyl sites for hydroxylation is 1. The fourth-order valence-corrected chi connectivity index (χ4v) is 3.86. The second-order valence-corrected chi connectivity index (χ2v) is 7.89. The van der Waals surface area contributed by atoms with E-state index in [1.54, 1.807) is 12.2 Å². The summed E-state index contributed by atoms with van der Waals surface area (Å²) in [4.78, 5) is 26.9. The van der Waals surface area contributed by atoms with Gasteiger partial charge in [0.05, 0.1) is 11.4 Å². The summed E-state index contributed by atoms with van der Waals surface area (Å²) in [5.41, 5.74) is 2.73. The molecule has 1 heterocycles. The Morgan fingerprint density at radius 2 is 2.00 bits per heavy atom. The zero-order valence-corrected chi connectivity index (χ0v) is 17.2. The number of rotatable bonds is 6. The Bertz CT molecular complexity index is 939. The van der Waals surface area contributed by atoms with Gasteiger partial charge in [0, 0.05) is 10.0 Å². The molecule has 6 heteroatoms. The third-order valence-electron chi connectivity index (χ3n) is 4.08. The van der Waals surface area contributed by atoms with Gasteiger partial charge in [-0.1, -0.05) is 52.9 Å². The quantitative estimate of drug-likeness (QED) is 0.433. The van der Waals surface area contributed by atoms with E-state index < -0.39 is 0 Å². The van der Waals surface area contributed by atoms with Crippen LogP contribution in [0.2, 0.25) is 0 Å².